The Kier molecular flexibility index (Phi) is 11.3. The average Bonchev–Trinajstić information content (AvgIpc) is 2.74. The summed E-state index contributed by atoms with van der Waals surface area (Å²) in [4.78, 5) is 17.2. The number of likely N-dealkylation sites (tertiary alicyclic amines) is 1. The zero-order chi connectivity index (χ0) is 24.6. The van der Waals surface area contributed by atoms with Crippen LogP contribution in [0.4, 0.5) is 0 Å². The Balaban J connectivity index is 1.90. The maximum Gasteiger partial charge on any atom is 0.240 e. The van der Waals surface area contributed by atoms with Crippen molar-refractivity contribution in [2.45, 2.75) is 51.6 Å². The van der Waals surface area contributed by atoms with E-state index in [4.69, 9.17) is 11.6 Å². The Morgan fingerprint density at radius 1 is 1.33 bits per heavy atom. The summed E-state index contributed by atoms with van der Waals surface area (Å²) in [6.45, 7) is 7.56. The van der Waals surface area contributed by atoms with Gasteiger partial charge in [-0.05, 0) is 62.8 Å². The van der Waals surface area contributed by atoms with Gasteiger partial charge in [-0.2, -0.15) is 0 Å². The number of benzene rings is 1. The molecule has 0 radical (unpaired) electrons. The largest absolute Gasteiger partial charge is 0.341 e. The quantitative estimate of drug-likeness (QED) is 0.458. The van der Waals surface area contributed by atoms with Gasteiger partial charge in [0.15, 0.2) is 0 Å². The number of halogens is 1. The molecule has 1 aromatic rings. The van der Waals surface area contributed by atoms with Gasteiger partial charge in [-0.25, -0.2) is 13.1 Å². The van der Waals surface area contributed by atoms with Gasteiger partial charge in [0.1, 0.15) is 6.04 Å². The average molecular weight is 520 g/mol. The van der Waals surface area contributed by atoms with Gasteiger partial charge in [-0.1, -0.05) is 30.7 Å². The zero-order valence-electron chi connectivity index (χ0n) is 20.1. The number of hydrogen-bond donors (Lipinski definition) is 1. The molecule has 188 valence electrons. The third kappa shape index (κ3) is 10.0. The molecule has 0 spiro atoms. The van der Waals surface area contributed by atoms with E-state index in [1.807, 2.05) is 18.2 Å². The summed E-state index contributed by atoms with van der Waals surface area (Å²) < 4.78 is 37.3. The highest BCUT2D eigenvalue weighted by Gasteiger charge is 2.31. The van der Waals surface area contributed by atoms with Crippen molar-refractivity contribution >= 4 is 38.3 Å². The van der Waals surface area contributed by atoms with Crippen molar-refractivity contribution in [3.63, 3.8) is 0 Å². The Morgan fingerprint density at radius 3 is 2.55 bits per heavy atom. The first kappa shape index (κ1) is 28.2. The second-order valence-corrected chi connectivity index (χ2v) is 12.8. The fourth-order valence-corrected chi connectivity index (χ4v) is 5.93. The van der Waals surface area contributed by atoms with Crippen molar-refractivity contribution in [1.82, 2.24) is 14.5 Å². The predicted molar refractivity (Wildman–Crippen MR) is 136 cm³/mol. The molecule has 10 heteroatoms. The van der Waals surface area contributed by atoms with E-state index in [1.54, 1.807) is 11.2 Å². The van der Waals surface area contributed by atoms with E-state index in [0.29, 0.717) is 25.0 Å². The summed E-state index contributed by atoms with van der Waals surface area (Å²) in [6, 6.07) is 7.52. The third-order valence-corrected chi connectivity index (χ3v) is 7.98. The fourth-order valence-electron chi connectivity index (χ4n) is 4.42. The number of nitrogens with one attached hydrogen (secondary N) is 1. The first-order chi connectivity index (χ1) is 15.5. The van der Waals surface area contributed by atoms with Gasteiger partial charge in [-0.3, -0.25) is 9.00 Å². The highest BCUT2D eigenvalue weighted by atomic mass is 35.5. The second kappa shape index (κ2) is 13.2. The van der Waals surface area contributed by atoms with Crippen molar-refractivity contribution in [3.05, 3.63) is 34.9 Å². The van der Waals surface area contributed by atoms with E-state index in [2.05, 4.69) is 29.5 Å². The molecule has 3 atom stereocenters. The van der Waals surface area contributed by atoms with Crippen LogP contribution in [0.25, 0.3) is 0 Å². The number of amides is 1. The maximum absolute atomic E-state index is 13.0. The fraction of sp³-hybridized carbons (Fsp3) is 0.696. The van der Waals surface area contributed by atoms with Crippen LogP contribution in [0.3, 0.4) is 0 Å². The van der Waals surface area contributed by atoms with Gasteiger partial charge in [0.25, 0.3) is 0 Å². The highest BCUT2D eigenvalue weighted by molar-refractivity contribution is 7.88. The zero-order valence-corrected chi connectivity index (χ0v) is 22.5. The molecule has 1 amide bonds. The van der Waals surface area contributed by atoms with Gasteiger partial charge < -0.3 is 9.80 Å². The molecule has 1 aromatic carbocycles. The van der Waals surface area contributed by atoms with Crippen LogP contribution in [0.5, 0.6) is 0 Å². The van der Waals surface area contributed by atoms with Crippen molar-refractivity contribution in [1.29, 1.82) is 0 Å². The molecule has 1 aliphatic rings. The topological polar surface area (TPSA) is 86.8 Å². The molecule has 1 fully saturated rings. The third-order valence-electron chi connectivity index (χ3n) is 6.22. The minimum absolute atomic E-state index is 0.217. The molecule has 0 aliphatic carbocycles. The smallest absolute Gasteiger partial charge is 0.240 e. The summed E-state index contributed by atoms with van der Waals surface area (Å²) in [5.74, 6) is 0.553. The Labute approximate surface area is 206 Å². The van der Waals surface area contributed by atoms with E-state index in [1.165, 1.54) is 5.56 Å². The number of nitrogens with zero attached hydrogens (tertiary/aromatic N) is 2. The second-order valence-electron chi connectivity index (χ2n) is 9.05. The van der Waals surface area contributed by atoms with Crippen LogP contribution in [0.1, 0.15) is 38.7 Å². The van der Waals surface area contributed by atoms with Gasteiger partial charge >= 0.3 is 0 Å². The molecule has 33 heavy (non-hydrogen) atoms. The lowest BCUT2D eigenvalue weighted by atomic mass is 9.94. The normalized spacial score (nSPS) is 18.3. The van der Waals surface area contributed by atoms with E-state index < -0.39 is 26.9 Å². The lowest BCUT2D eigenvalue weighted by Gasteiger charge is -2.37. The molecule has 1 saturated heterocycles. The summed E-state index contributed by atoms with van der Waals surface area (Å²) in [5.41, 5.74) is 1.23. The minimum atomic E-state index is -3.53. The lowest BCUT2D eigenvalue weighted by Crippen LogP contribution is -2.51. The van der Waals surface area contributed by atoms with Crippen LogP contribution < -0.4 is 4.72 Å². The Hall–Kier alpha value is -1.00. The number of hydrogen-bond acceptors (Lipinski definition) is 5. The molecule has 0 aromatic heterocycles. The number of piperidine rings is 1. The molecular formula is C23H38ClN3O4S2. The van der Waals surface area contributed by atoms with Gasteiger partial charge in [-0.15, -0.1) is 0 Å². The molecular weight excluding hydrogens is 482 g/mol. The Bertz CT molecular complexity index is 905. The highest BCUT2D eigenvalue weighted by Crippen LogP contribution is 2.22. The predicted octanol–water partition coefficient (Wildman–Crippen LogP) is 2.52. The molecule has 0 bridgehead atoms. The van der Waals surface area contributed by atoms with E-state index in [0.717, 1.165) is 43.6 Å². The van der Waals surface area contributed by atoms with Crippen LogP contribution in [0.2, 0.25) is 5.02 Å². The minimum Gasteiger partial charge on any atom is -0.341 e. The standard InChI is InChI=1S/C23H38ClN3O4S2/c1-5-26(18(2)15-20-7-6-8-21(24)16-20)17-19-9-12-27(13-10-19)23(28)22(11-14-32(3)29)25-33(4,30)31/h6-8,16,18-19,22,25H,5,9-15,17H2,1-4H3/t18?,22?,32-/m0/s1. The molecule has 0 saturated carbocycles. The molecule has 1 N–H and O–H groups in total. The van der Waals surface area contributed by atoms with E-state index >= 15 is 0 Å². The van der Waals surface area contributed by atoms with Crippen LogP contribution in [-0.4, -0.2) is 84.9 Å². The molecule has 1 heterocycles. The first-order valence-electron chi connectivity index (χ1n) is 11.5. The van der Waals surface area contributed by atoms with Crippen LogP contribution in [0.15, 0.2) is 24.3 Å². The SMILES string of the molecule is CCN(CC1CCN(C(=O)C(CC[S@](C)=O)NS(C)(=O)=O)CC1)C(C)Cc1cccc(Cl)c1. The van der Waals surface area contributed by atoms with Gasteiger partial charge in [0.05, 0.1) is 6.26 Å². The van der Waals surface area contributed by atoms with Gasteiger partial charge in [0.2, 0.25) is 15.9 Å². The first-order valence-corrected chi connectivity index (χ1v) is 15.5. The van der Waals surface area contributed by atoms with Crippen LogP contribution in [-0.2, 0) is 32.0 Å². The number of likely N-dealkylation sites (N-methyl/N-ethyl adjacent to an activating group) is 1. The number of carbonyl (C=O) groups excluding carboxylic acids is 1. The van der Waals surface area contributed by atoms with Crippen molar-refractivity contribution in [3.8, 4) is 0 Å². The summed E-state index contributed by atoms with van der Waals surface area (Å²) >= 11 is 6.13. The number of rotatable bonds is 12. The monoisotopic (exact) mass is 519 g/mol. The maximum atomic E-state index is 13.0. The summed E-state index contributed by atoms with van der Waals surface area (Å²) in [7, 11) is -4.62. The van der Waals surface area contributed by atoms with Crippen LogP contribution in [0, 0.1) is 5.92 Å². The summed E-state index contributed by atoms with van der Waals surface area (Å²) in [6.07, 6.45) is 5.55. The van der Waals surface area contributed by atoms with Crippen molar-refractivity contribution in [2.24, 2.45) is 5.92 Å². The van der Waals surface area contributed by atoms with E-state index in [9.17, 15) is 17.4 Å². The number of sulfonamides is 1. The molecule has 2 rings (SSSR count). The van der Waals surface area contributed by atoms with Crippen LogP contribution >= 0.6 is 11.6 Å². The molecule has 2 unspecified atom stereocenters. The van der Waals surface area contributed by atoms with Crippen molar-refractivity contribution in [2.75, 3.05) is 44.4 Å². The Morgan fingerprint density at radius 2 is 2.00 bits per heavy atom. The molecule has 7 nitrogen and oxygen atoms in total. The van der Waals surface area contributed by atoms with Gasteiger partial charge in [0, 0.05) is 53.5 Å². The van der Waals surface area contributed by atoms with Crippen molar-refractivity contribution < 1.29 is 17.4 Å². The summed E-state index contributed by atoms with van der Waals surface area (Å²) in [5, 5.41) is 0.758. The van der Waals surface area contributed by atoms with E-state index in [-0.39, 0.29) is 18.1 Å². The molecule has 1 aliphatic heterocycles. The lowest BCUT2D eigenvalue weighted by molar-refractivity contribution is -0.134. The number of carbonyl (C=O) groups is 1.